The number of ketones is 1. The Morgan fingerprint density at radius 1 is 1.05 bits per heavy atom. The summed E-state index contributed by atoms with van der Waals surface area (Å²) < 4.78 is 0.694. The van der Waals surface area contributed by atoms with Crippen molar-refractivity contribution in [1.29, 1.82) is 0 Å². The zero-order valence-electron chi connectivity index (χ0n) is 10.8. The first-order valence-corrected chi connectivity index (χ1v) is 7.30. The quantitative estimate of drug-likeness (QED) is 0.706. The third kappa shape index (κ3) is 1.78. The van der Waals surface area contributed by atoms with Gasteiger partial charge in [0, 0.05) is 12.6 Å². The smallest absolute Gasteiger partial charge is 0.261 e. The monoisotopic (exact) mass is 377 g/mol. The number of halogens is 1. The molecule has 0 bridgehead atoms. The molecule has 100 valence electrons. The highest BCUT2D eigenvalue weighted by Gasteiger charge is 2.47. The van der Waals surface area contributed by atoms with E-state index in [0.717, 1.165) is 11.1 Å². The number of benzene rings is 1. The van der Waals surface area contributed by atoms with Gasteiger partial charge in [0.1, 0.15) is 5.54 Å². The van der Waals surface area contributed by atoms with Gasteiger partial charge in [-0.25, -0.2) is 0 Å². The van der Waals surface area contributed by atoms with Crippen LogP contribution in [0.2, 0.25) is 0 Å². The second kappa shape index (κ2) is 4.70. The second-order valence-corrected chi connectivity index (χ2v) is 5.89. The molecule has 0 radical (unpaired) electrons. The fourth-order valence-electron chi connectivity index (χ4n) is 2.65. The summed E-state index contributed by atoms with van der Waals surface area (Å²) in [5, 5.41) is 0. The molecular weight excluding hydrogens is 365 g/mol. The molecule has 0 saturated heterocycles. The lowest BCUT2D eigenvalue weighted by atomic mass is 9.83. The topological polar surface area (TPSA) is 37.4 Å². The van der Waals surface area contributed by atoms with Gasteiger partial charge >= 0.3 is 0 Å². The Kier molecular flexibility index (Phi) is 3.12. The summed E-state index contributed by atoms with van der Waals surface area (Å²) in [4.78, 5) is 25.4. The van der Waals surface area contributed by atoms with E-state index in [4.69, 9.17) is 0 Å². The third-order valence-electron chi connectivity index (χ3n) is 3.73. The van der Waals surface area contributed by atoms with E-state index in [-0.39, 0.29) is 11.7 Å². The van der Waals surface area contributed by atoms with Crippen LogP contribution in [0.3, 0.4) is 0 Å². The minimum atomic E-state index is -0.650. The van der Waals surface area contributed by atoms with Crippen molar-refractivity contribution in [3.8, 4) is 0 Å². The van der Waals surface area contributed by atoms with E-state index in [1.165, 1.54) is 12.2 Å². The normalized spacial score (nSPS) is 20.4. The average molecular weight is 377 g/mol. The van der Waals surface area contributed by atoms with Crippen molar-refractivity contribution in [2.24, 2.45) is 0 Å². The maximum absolute atomic E-state index is 12.4. The number of allylic oxidation sites excluding steroid dienone is 2. The van der Waals surface area contributed by atoms with Gasteiger partial charge in [-0.1, -0.05) is 30.3 Å². The fourth-order valence-corrected chi connectivity index (χ4v) is 3.75. The highest BCUT2D eigenvalue weighted by Crippen LogP contribution is 2.46. The van der Waals surface area contributed by atoms with Crippen LogP contribution < -0.4 is 0 Å². The Hall–Kier alpha value is -1.69. The Morgan fingerprint density at radius 3 is 2.25 bits per heavy atom. The summed E-state index contributed by atoms with van der Waals surface area (Å²) in [6.45, 7) is 0. The number of likely N-dealkylation sites (N-methyl/N-ethyl adjacent to an activating group) is 1. The third-order valence-corrected chi connectivity index (χ3v) is 4.73. The summed E-state index contributed by atoms with van der Waals surface area (Å²) in [6.07, 6.45) is 6.67. The lowest BCUT2D eigenvalue weighted by molar-refractivity contribution is -0.125. The Balaban J connectivity index is 2.23. The predicted molar refractivity (Wildman–Crippen MR) is 86.2 cm³/mol. The SMILES string of the molecule is CN1C(=O)C(I)=C(c2ccccc2)C12C=CC(=O)C=C2. The average Bonchev–Trinajstić information content (AvgIpc) is 2.65. The fraction of sp³-hybridized carbons (Fsp3) is 0.125. The lowest BCUT2D eigenvalue weighted by Gasteiger charge is -2.34. The van der Waals surface area contributed by atoms with E-state index < -0.39 is 5.54 Å². The van der Waals surface area contributed by atoms with Crippen molar-refractivity contribution in [1.82, 2.24) is 4.90 Å². The van der Waals surface area contributed by atoms with Crippen molar-refractivity contribution in [2.75, 3.05) is 7.05 Å². The minimum Gasteiger partial charge on any atom is -0.324 e. The summed E-state index contributed by atoms with van der Waals surface area (Å²) in [7, 11) is 1.77. The van der Waals surface area contributed by atoms with Crippen molar-refractivity contribution in [3.05, 3.63) is 63.8 Å². The highest BCUT2D eigenvalue weighted by atomic mass is 127. The van der Waals surface area contributed by atoms with Crippen molar-refractivity contribution >= 4 is 39.9 Å². The molecule has 0 unspecified atom stereocenters. The van der Waals surface area contributed by atoms with Crippen LogP contribution in [0.4, 0.5) is 0 Å². The summed E-state index contributed by atoms with van der Waals surface area (Å²) in [5.74, 6) is -0.0705. The Labute approximate surface area is 130 Å². The van der Waals surface area contributed by atoms with E-state index in [0.29, 0.717) is 3.58 Å². The maximum atomic E-state index is 12.4. The van der Waals surface area contributed by atoms with Gasteiger partial charge in [-0.15, -0.1) is 0 Å². The van der Waals surface area contributed by atoms with Crippen LogP contribution in [-0.2, 0) is 9.59 Å². The Bertz CT molecular complexity index is 670. The molecule has 0 atom stereocenters. The van der Waals surface area contributed by atoms with Gasteiger partial charge in [0.05, 0.1) is 3.58 Å². The molecule has 0 saturated carbocycles. The number of nitrogens with zero attached hydrogens (tertiary/aromatic N) is 1. The predicted octanol–water partition coefficient (Wildman–Crippen LogP) is 2.74. The number of hydrogen-bond acceptors (Lipinski definition) is 2. The van der Waals surface area contributed by atoms with E-state index in [1.807, 2.05) is 30.3 Å². The molecule has 0 N–H and O–H groups in total. The number of rotatable bonds is 1. The van der Waals surface area contributed by atoms with Gasteiger partial charge in [0.25, 0.3) is 5.91 Å². The standard InChI is InChI=1S/C16H12INO2/c1-18-15(20)14(17)13(11-5-3-2-4-6-11)16(18)9-7-12(19)8-10-16/h2-10H,1H3. The molecule has 1 aliphatic carbocycles. The van der Waals surface area contributed by atoms with E-state index in [1.54, 1.807) is 24.1 Å². The van der Waals surface area contributed by atoms with Gasteiger partial charge in [0.2, 0.25) is 0 Å². The minimum absolute atomic E-state index is 0.0203. The number of carbonyl (C=O) groups is 2. The van der Waals surface area contributed by atoms with Crippen LogP contribution in [-0.4, -0.2) is 29.2 Å². The second-order valence-electron chi connectivity index (χ2n) is 4.81. The molecular formula is C16H12INO2. The molecule has 2 aliphatic rings. The van der Waals surface area contributed by atoms with Crippen molar-refractivity contribution in [2.45, 2.75) is 5.54 Å². The van der Waals surface area contributed by atoms with Gasteiger partial charge in [-0.05, 0) is 52.5 Å². The molecule has 1 aromatic carbocycles. The molecule has 3 rings (SSSR count). The van der Waals surface area contributed by atoms with Gasteiger partial charge in [-0.2, -0.15) is 0 Å². The molecule has 1 aromatic rings. The molecule has 1 spiro atoms. The molecule has 0 aromatic heterocycles. The van der Waals surface area contributed by atoms with Crippen LogP contribution in [0.25, 0.3) is 5.57 Å². The molecule has 1 amide bonds. The molecule has 3 nitrogen and oxygen atoms in total. The van der Waals surface area contributed by atoms with E-state index >= 15 is 0 Å². The van der Waals surface area contributed by atoms with Crippen LogP contribution in [0.5, 0.6) is 0 Å². The zero-order chi connectivity index (χ0) is 14.3. The van der Waals surface area contributed by atoms with Gasteiger partial charge in [-0.3, -0.25) is 9.59 Å². The van der Waals surface area contributed by atoms with Crippen molar-refractivity contribution < 1.29 is 9.59 Å². The van der Waals surface area contributed by atoms with Crippen LogP contribution >= 0.6 is 22.6 Å². The highest BCUT2D eigenvalue weighted by molar-refractivity contribution is 14.1. The summed E-state index contributed by atoms with van der Waals surface area (Å²) >= 11 is 2.09. The molecule has 1 heterocycles. The van der Waals surface area contributed by atoms with Crippen LogP contribution in [0.1, 0.15) is 5.56 Å². The Morgan fingerprint density at radius 2 is 1.65 bits per heavy atom. The summed E-state index contributed by atoms with van der Waals surface area (Å²) in [6, 6.07) is 9.81. The molecule has 0 fully saturated rings. The molecule has 1 aliphatic heterocycles. The first-order chi connectivity index (χ1) is 9.56. The van der Waals surface area contributed by atoms with Crippen molar-refractivity contribution in [3.63, 3.8) is 0 Å². The molecule has 4 heteroatoms. The lowest BCUT2D eigenvalue weighted by Crippen LogP contribution is -2.43. The van der Waals surface area contributed by atoms with Gasteiger partial charge in [0.15, 0.2) is 5.78 Å². The first-order valence-electron chi connectivity index (χ1n) is 6.22. The van der Waals surface area contributed by atoms with Crippen LogP contribution in [0.15, 0.2) is 58.2 Å². The molecule has 20 heavy (non-hydrogen) atoms. The van der Waals surface area contributed by atoms with Gasteiger partial charge < -0.3 is 4.90 Å². The summed E-state index contributed by atoms with van der Waals surface area (Å²) in [5.41, 5.74) is 1.28. The maximum Gasteiger partial charge on any atom is 0.261 e. The zero-order valence-corrected chi connectivity index (χ0v) is 13.0. The van der Waals surface area contributed by atoms with E-state index in [2.05, 4.69) is 22.6 Å². The van der Waals surface area contributed by atoms with Crippen LogP contribution in [0, 0.1) is 0 Å². The largest absolute Gasteiger partial charge is 0.324 e. The number of carbonyl (C=O) groups excluding carboxylic acids is 2. The van der Waals surface area contributed by atoms with E-state index in [9.17, 15) is 9.59 Å². The number of hydrogen-bond donors (Lipinski definition) is 0. The first kappa shape index (κ1) is 13.3. The number of amides is 1.